The molecule has 1 heterocycles. The van der Waals surface area contributed by atoms with Gasteiger partial charge in [-0.05, 0) is 29.8 Å². The number of methoxy groups -OCH3 is 1. The standard InChI is InChI=1S/C16H11F3N2O3S/c1-24-13(23)6-8(7-4-9(17)15(19)10(18)5-7)14-12(22)3-2-11-16(14)21-25-20-11/h2-5,8,22H,6H2,1H3. The van der Waals surface area contributed by atoms with Crippen LogP contribution in [0.4, 0.5) is 13.2 Å². The van der Waals surface area contributed by atoms with Gasteiger partial charge in [0.25, 0.3) is 0 Å². The van der Waals surface area contributed by atoms with Crippen molar-refractivity contribution in [2.75, 3.05) is 7.11 Å². The second-order valence-electron chi connectivity index (χ2n) is 5.26. The summed E-state index contributed by atoms with van der Waals surface area (Å²) in [5, 5.41) is 10.3. The quantitative estimate of drug-likeness (QED) is 0.564. The first-order valence-electron chi connectivity index (χ1n) is 7.07. The van der Waals surface area contributed by atoms with Gasteiger partial charge >= 0.3 is 5.97 Å². The van der Waals surface area contributed by atoms with E-state index in [1.807, 2.05) is 0 Å². The molecule has 130 valence electrons. The van der Waals surface area contributed by atoms with Gasteiger partial charge in [0.15, 0.2) is 17.5 Å². The number of aromatic nitrogens is 2. The minimum atomic E-state index is -1.61. The summed E-state index contributed by atoms with van der Waals surface area (Å²) < 4.78 is 53.4. The molecule has 0 aliphatic carbocycles. The van der Waals surface area contributed by atoms with Gasteiger partial charge in [-0.2, -0.15) is 8.75 Å². The Morgan fingerprint density at radius 3 is 2.56 bits per heavy atom. The predicted molar refractivity (Wildman–Crippen MR) is 83.9 cm³/mol. The molecule has 0 aliphatic rings. The Morgan fingerprint density at radius 2 is 1.92 bits per heavy atom. The van der Waals surface area contributed by atoms with Gasteiger partial charge in [-0.25, -0.2) is 13.2 Å². The zero-order valence-corrected chi connectivity index (χ0v) is 13.6. The Morgan fingerprint density at radius 1 is 1.24 bits per heavy atom. The van der Waals surface area contributed by atoms with Gasteiger partial charge in [0.05, 0.1) is 25.3 Å². The molecule has 0 aliphatic heterocycles. The number of hydrogen-bond acceptors (Lipinski definition) is 6. The van der Waals surface area contributed by atoms with E-state index in [2.05, 4.69) is 13.5 Å². The number of phenols is 1. The minimum absolute atomic E-state index is 0.0300. The molecule has 0 radical (unpaired) electrons. The highest BCUT2D eigenvalue weighted by Gasteiger charge is 2.27. The first-order chi connectivity index (χ1) is 11.9. The maximum Gasteiger partial charge on any atom is 0.306 e. The summed E-state index contributed by atoms with van der Waals surface area (Å²) in [7, 11) is 1.16. The number of nitrogens with zero attached hydrogens (tertiary/aromatic N) is 2. The van der Waals surface area contributed by atoms with E-state index in [0.29, 0.717) is 11.0 Å². The van der Waals surface area contributed by atoms with Crippen molar-refractivity contribution in [3.63, 3.8) is 0 Å². The second-order valence-corrected chi connectivity index (χ2v) is 5.79. The molecule has 25 heavy (non-hydrogen) atoms. The molecule has 1 atom stereocenters. The molecule has 0 saturated carbocycles. The van der Waals surface area contributed by atoms with Crippen LogP contribution in [-0.4, -0.2) is 26.9 Å². The average molecular weight is 368 g/mol. The lowest BCUT2D eigenvalue weighted by Gasteiger charge is -2.19. The molecule has 0 amide bonds. The highest BCUT2D eigenvalue weighted by Crippen LogP contribution is 2.39. The number of halogens is 3. The van der Waals surface area contributed by atoms with E-state index in [4.69, 9.17) is 0 Å². The van der Waals surface area contributed by atoms with Crippen molar-refractivity contribution < 1.29 is 27.8 Å². The Balaban J connectivity index is 2.23. The monoisotopic (exact) mass is 368 g/mol. The van der Waals surface area contributed by atoms with Crippen LogP contribution in [-0.2, 0) is 9.53 Å². The van der Waals surface area contributed by atoms with Crippen LogP contribution in [0.3, 0.4) is 0 Å². The molecular formula is C16H11F3N2O3S. The van der Waals surface area contributed by atoms with Crippen LogP contribution < -0.4 is 0 Å². The van der Waals surface area contributed by atoms with Gasteiger partial charge in [0, 0.05) is 11.5 Å². The number of carbonyl (C=O) groups is 1. The van der Waals surface area contributed by atoms with Crippen molar-refractivity contribution in [3.8, 4) is 5.75 Å². The summed E-state index contributed by atoms with van der Waals surface area (Å²) >= 11 is 0.886. The van der Waals surface area contributed by atoms with E-state index in [9.17, 15) is 23.1 Å². The molecule has 0 saturated heterocycles. The molecule has 0 bridgehead atoms. The highest BCUT2D eigenvalue weighted by atomic mass is 32.1. The SMILES string of the molecule is COC(=O)CC(c1cc(F)c(F)c(F)c1)c1c(O)ccc2nsnc12. The zero-order chi connectivity index (χ0) is 18.1. The van der Waals surface area contributed by atoms with E-state index < -0.39 is 29.3 Å². The summed E-state index contributed by atoms with van der Waals surface area (Å²) in [5.41, 5.74) is 0.888. The smallest absolute Gasteiger partial charge is 0.306 e. The van der Waals surface area contributed by atoms with E-state index in [1.165, 1.54) is 12.1 Å². The number of hydrogen-bond donors (Lipinski definition) is 1. The number of carbonyl (C=O) groups excluding carboxylic acids is 1. The lowest BCUT2D eigenvalue weighted by Crippen LogP contribution is -2.12. The Labute approximate surface area is 144 Å². The minimum Gasteiger partial charge on any atom is -0.508 e. The average Bonchev–Trinajstić information content (AvgIpc) is 3.06. The molecule has 0 fully saturated rings. The molecule has 5 nitrogen and oxygen atoms in total. The van der Waals surface area contributed by atoms with Crippen LogP contribution in [0.25, 0.3) is 11.0 Å². The Hall–Kier alpha value is -2.68. The van der Waals surface area contributed by atoms with Crippen LogP contribution in [0.15, 0.2) is 24.3 Å². The number of benzene rings is 2. The Kier molecular flexibility index (Phi) is 4.58. The van der Waals surface area contributed by atoms with Crippen LogP contribution >= 0.6 is 11.7 Å². The fourth-order valence-electron chi connectivity index (χ4n) is 2.62. The van der Waals surface area contributed by atoms with Crippen LogP contribution in [0.2, 0.25) is 0 Å². The largest absolute Gasteiger partial charge is 0.508 e. The van der Waals surface area contributed by atoms with Crippen LogP contribution in [0, 0.1) is 17.5 Å². The van der Waals surface area contributed by atoms with Gasteiger partial charge in [0.1, 0.15) is 16.8 Å². The molecule has 0 spiro atoms. The van der Waals surface area contributed by atoms with Gasteiger partial charge in [-0.1, -0.05) is 0 Å². The highest BCUT2D eigenvalue weighted by molar-refractivity contribution is 7.00. The number of phenolic OH excluding ortho intramolecular Hbond substituents is 1. The number of esters is 1. The predicted octanol–water partition coefficient (Wildman–Crippen LogP) is 3.51. The summed E-state index contributed by atoms with van der Waals surface area (Å²) in [6, 6.07) is 4.44. The molecular weight excluding hydrogens is 357 g/mol. The lowest BCUT2D eigenvalue weighted by molar-refractivity contribution is -0.140. The molecule has 1 N–H and O–H groups in total. The first kappa shape index (κ1) is 17.2. The molecule has 2 aromatic carbocycles. The van der Waals surface area contributed by atoms with Gasteiger partial charge in [0.2, 0.25) is 0 Å². The van der Waals surface area contributed by atoms with Crippen molar-refractivity contribution in [1.82, 2.24) is 8.75 Å². The fourth-order valence-corrected chi connectivity index (χ4v) is 3.17. The number of fused-ring (bicyclic) bond motifs is 1. The zero-order valence-electron chi connectivity index (χ0n) is 12.8. The van der Waals surface area contributed by atoms with E-state index in [1.54, 1.807) is 0 Å². The summed E-state index contributed by atoms with van der Waals surface area (Å²) in [5.74, 6) is -6.29. The fraction of sp³-hybridized carbons (Fsp3) is 0.188. The number of rotatable bonds is 4. The molecule has 1 aromatic heterocycles. The van der Waals surface area contributed by atoms with E-state index in [0.717, 1.165) is 31.0 Å². The van der Waals surface area contributed by atoms with Crippen LogP contribution in [0.5, 0.6) is 5.75 Å². The Bertz CT molecular complexity index is 938. The third kappa shape index (κ3) is 3.14. The molecule has 1 unspecified atom stereocenters. The van der Waals surface area contributed by atoms with Crippen molar-refractivity contribution >= 4 is 28.7 Å². The van der Waals surface area contributed by atoms with Gasteiger partial charge in [-0.3, -0.25) is 4.79 Å². The maximum absolute atomic E-state index is 13.7. The molecule has 9 heteroatoms. The number of ether oxygens (including phenoxy) is 1. The van der Waals surface area contributed by atoms with E-state index in [-0.39, 0.29) is 23.3 Å². The lowest BCUT2D eigenvalue weighted by atomic mass is 9.87. The molecule has 3 rings (SSSR count). The summed E-state index contributed by atoms with van der Waals surface area (Å²) in [6.45, 7) is 0. The van der Waals surface area contributed by atoms with Gasteiger partial charge in [-0.15, -0.1) is 0 Å². The van der Waals surface area contributed by atoms with Crippen molar-refractivity contribution in [2.24, 2.45) is 0 Å². The van der Waals surface area contributed by atoms with Crippen molar-refractivity contribution in [2.45, 2.75) is 12.3 Å². The second kappa shape index (κ2) is 6.67. The number of aromatic hydroxyl groups is 1. The van der Waals surface area contributed by atoms with Crippen LogP contribution in [0.1, 0.15) is 23.5 Å². The topological polar surface area (TPSA) is 72.3 Å². The maximum atomic E-state index is 13.7. The van der Waals surface area contributed by atoms with Crippen molar-refractivity contribution in [3.05, 3.63) is 52.8 Å². The summed E-state index contributed by atoms with van der Waals surface area (Å²) in [6.07, 6.45) is -0.328. The van der Waals surface area contributed by atoms with Gasteiger partial charge < -0.3 is 9.84 Å². The summed E-state index contributed by atoms with van der Waals surface area (Å²) in [4.78, 5) is 11.8. The van der Waals surface area contributed by atoms with Crippen molar-refractivity contribution in [1.29, 1.82) is 0 Å². The third-order valence-corrected chi connectivity index (χ3v) is 4.34. The molecule has 3 aromatic rings. The first-order valence-corrected chi connectivity index (χ1v) is 7.80. The normalized spacial score (nSPS) is 12.3. The van der Waals surface area contributed by atoms with E-state index >= 15 is 0 Å². The third-order valence-electron chi connectivity index (χ3n) is 3.80.